The van der Waals surface area contributed by atoms with Crippen LogP contribution < -0.4 is 5.32 Å². The molecule has 2 heterocycles. The molecule has 0 saturated heterocycles. The summed E-state index contributed by atoms with van der Waals surface area (Å²) in [5, 5.41) is 11.8. The summed E-state index contributed by atoms with van der Waals surface area (Å²) < 4.78 is 2.15. The Bertz CT molecular complexity index is 384. The lowest BCUT2D eigenvalue weighted by Gasteiger charge is -2.35. The number of hydrogen-bond donors (Lipinski definition) is 1. The summed E-state index contributed by atoms with van der Waals surface area (Å²) in [4.78, 5) is 2.47. The lowest BCUT2D eigenvalue weighted by Crippen LogP contribution is -2.49. The van der Waals surface area contributed by atoms with Gasteiger partial charge in [0.15, 0.2) is 0 Å². The van der Waals surface area contributed by atoms with Crippen molar-refractivity contribution >= 4 is 0 Å². The maximum absolute atomic E-state index is 4.17. The van der Waals surface area contributed by atoms with E-state index in [4.69, 9.17) is 0 Å². The third-order valence-electron chi connectivity index (χ3n) is 4.05. The predicted molar refractivity (Wildman–Crippen MR) is 72.3 cm³/mol. The van der Waals surface area contributed by atoms with E-state index in [2.05, 4.69) is 52.7 Å². The van der Waals surface area contributed by atoms with Gasteiger partial charge in [0, 0.05) is 31.2 Å². The van der Waals surface area contributed by atoms with E-state index in [0.717, 1.165) is 38.4 Å². The molecule has 0 aliphatic carbocycles. The molecule has 0 spiro atoms. The molecule has 102 valence electrons. The molecule has 1 N–H and O–H groups in total. The second kappa shape index (κ2) is 5.36. The van der Waals surface area contributed by atoms with Gasteiger partial charge in [-0.05, 0) is 27.2 Å². The highest BCUT2D eigenvalue weighted by molar-refractivity contribution is 4.92. The monoisotopic (exact) mass is 251 g/mol. The van der Waals surface area contributed by atoms with Crippen molar-refractivity contribution in [2.45, 2.75) is 58.8 Å². The van der Waals surface area contributed by atoms with Gasteiger partial charge in [0.1, 0.15) is 12.2 Å². The molecule has 1 atom stereocenters. The molecule has 0 amide bonds. The largest absolute Gasteiger partial charge is 0.315 e. The van der Waals surface area contributed by atoms with E-state index >= 15 is 0 Å². The van der Waals surface area contributed by atoms with Crippen molar-refractivity contribution in [2.24, 2.45) is 0 Å². The van der Waals surface area contributed by atoms with E-state index in [1.807, 2.05) is 6.33 Å². The molecule has 0 aromatic carbocycles. The van der Waals surface area contributed by atoms with Crippen molar-refractivity contribution < 1.29 is 0 Å². The van der Waals surface area contributed by atoms with Crippen molar-refractivity contribution in [1.82, 2.24) is 25.0 Å². The second-order valence-corrected chi connectivity index (χ2v) is 5.88. The van der Waals surface area contributed by atoms with Crippen LogP contribution in [0.1, 0.15) is 39.9 Å². The van der Waals surface area contributed by atoms with E-state index in [1.54, 1.807) is 0 Å². The van der Waals surface area contributed by atoms with Crippen LogP contribution in [0.5, 0.6) is 0 Å². The van der Waals surface area contributed by atoms with Gasteiger partial charge in [0.05, 0.1) is 6.54 Å². The van der Waals surface area contributed by atoms with Crippen LogP contribution in [0, 0.1) is 0 Å². The first kappa shape index (κ1) is 13.5. The first-order valence-electron chi connectivity index (χ1n) is 6.87. The highest BCUT2D eigenvalue weighted by Gasteiger charge is 2.23. The Balaban J connectivity index is 1.86. The summed E-state index contributed by atoms with van der Waals surface area (Å²) in [5.74, 6) is 1.09. The Morgan fingerprint density at radius 1 is 1.44 bits per heavy atom. The topological polar surface area (TPSA) is 46.0 Å². The molecule has 2 rings (SSSR count). The summed E-state index contributed by atoms with van der Waals surface area (Å²) in [6, 6.07) is 0.529. The molecular formula is C13H25N5. The number of nitrogens with one attached hydrogen (secondary N) is 1. The molecule has 5 nitrogen and oxygen atoms in total. The number of rotatable bonds is 5. The third kappa shape index (κ3) is 3.09. The maximum atomic E-state index is 4.17. The molecule has 0 saturated carbocycles. The molecule has 0 fully saturated rings. The molecule has 1 aromatic heterocycles. The number of nitrogens with zero attached hydrogens (tertiary/aromatic N) is 4. The first-order valence-corrected chi connectivity index (χ1v) is 6.87. The molecule has 1 aliphatic rings. The van der Waals surface area contributed by atoms with E-state index in [1.165, 1.54) is 0 Å². The number of hydrogen-bond acceptors (Lipinski definition) is 4. The van der Waals surface area contributed by atoms with Crippen LogP contribution in [0.2, 0.25) is 0 Å². The number of aromatic nitrogens is 3. The molecule has 1 aromatic rings. The van der Waals surface area contributed by atoms with Crippen LogP contribution in [0.25, 0.3) is 0 Å². The SMILES string of the molecule is CCC(C)(C)NCC(C)N1CCn2cnnc2C1. The normalized spacial score (nSPS) is 18.7. The minimum absolute atomic E-state index is 0.226. The Morgan fingerprint density at radius 2 is 2.22 bits per heavy atom. The van der Waals surface area contributed by atoms with E-state index in [-0.39, 0.29) is 5.54 Å². The van der Waals surface area contributed by atoms with E-state index < -0.39 is 0 Å². The fourth-order valence-electron chi connectivity index (χ4n) is 2.14. The average Bonchev–Trinajstić information content (AvgIpc) is 2.83. The van der Waals surface area contributed by atoms with Gasteiger partial charge >= 0.3 is 0 Å². The molecule has 0 radical (unpaired) electrons. The predicted octanol–water partition coefficient (Wildman–Crippen LogP) is 1.26. The van der Waals surface area contributed by atoms with E-state index in [9.17, 15) is 0 Å². The Labute approximate surface area is 110 Å². The zero-order chi connectivity index (χ0) is 13.2. The van der Waals surface area contributed by atoms with Crippen LogP contribution in [0.15, 0.2) is 6.33 Å². The minimum atomic E-state index is 0.226. The molecule has 1 aliphatic heterocycles. The summed E-state index contributed by atoms with van der Waals surface area (Å²) in [6.07, 6.45) is 2.98. The fourth-order valence-corrected chi connectivity index (χ4v) is 2.14. The van der Waals surface area contributed by atoms with Gasteiger partial charge in [0.2, 0.25) is 0 Å². The molecular weight excluding hydrogens is 226 g/mol. The van der Waals surface area contributed by atoms with Gasteiger partial charge in [-0.3, -0.25) is 4.90 Å². The van der Waals surface area contributed by atoms with Gasteiger partial charge in [-0.25, -0.2) is 0 Å². The number of fused-ring (bicyclic) bond motifs is 1. The minimum Gasteiger partial charge on any atom is -0.315 e. The van der Waals surface area contributed by atoms with Crippen LogP contribution >= 0.6 is 0 Å². The fraction of sp³-hybridized carbons (Fsp3) is 0.846. The lowest BCUT2D eigenvalue weighted by molar-refractivity contribution is 0.152. The van der Waals surface area contributed by atoms with Crippen molar-refractivity contribution in [3.63, 3.8) is 0 Å². The van der Waals surface area contributed by atoms with Crippen LogP contribution in [-0.4, -0.2) is 44.3 Å². The Hall–Kier alpha value is -0.940. The quantitative estimate of drug-likeness (QED) is 0.856. The van der Waals surface area contributed by atoms with Gasteiger partial charge < -0.3 is 9.88 Å². The van der Waals surface area contributed by atoms with Crippen LogP contribution in [-0.2, 0) is 13.1 Å². The zero-order valence-electron chi connectivity index (χ0n) is 12.0. The molecule has 1 unspecified atom stereocenters. The maximum Gasteiger partial charge on any atom is 0.147 e. The zero-order valence-corrected chi connectivity index (χ0v) is 12.0. The summed E-state index contributed by atoms with van der Waals surface area (Å²) in [5.41, 5.74) is 0.226. The van der Waals surface area contributed by atoms with Crippen LogP contribution in [0.3, 0.4) is 0 Å². The van der Waals surface area contributed by atoms with Crippen molar-refractivity contribution in [1.29, 1.82) is 0 Å². The Kier molecular flexibility index (Phi) is 4.02. The van der Waals surface area contributed by atoms with Gasteiger partial charge in [-0.1, -0.05) is 6.92 Å². The van der Waals surface area contributed by atoms with Gasteiger partial charge in [-0.15, -0.1) is 10.2 Å². The molecule has 5 heteroatoms. The van der Waals surface area contributed by atoms with E-state index in [0.29, 0.717) is 6.04 Å². The van der Waals surface area contributed by atoms with Crippen LogP contribution in [0.4, 0.5) is 0 Å². The van der Waals surface area contributed by atoms with Crippen molar-refractivity contribution in [2.75, 3.05) is 13.1 Å². The van der Waals surface area contributed by atoms with Crippen molar-refractivity contribution in [3.05, 3.63) is 12.2 Å². The summed E-state index contributed by atoms with van der Waals surface area (Å²) in [6.45, 7) is 13.0. The third-order valence-corrected chi connectivity index (χ3v) is 4.05. The highest BCUT2D eigenvalue weighted by Crippen LogP contribution is 2.13. The van der Waals surface area contributed by atoms with Crippen molar-refractivity contribution in [3.8, 4) is 0 Å². The van der Waals surface area contributed by atoms with Gasteiger partial charge in [0.25, 0.3) is 0 Å². The average molecular weight is 251 g/mol. The standard InChI is InChI=1S/C13H25N5/c1-5-13(3,4)14-8-11(2)17-6-7-18-10-15-16-12(18)9-17/h10-11,14H,5-9H2,1-4H3. The highest BCUT2D eigenvalue weighted by atomic mass is 15.3. The summed E-state index contributed by atoms with van der Waals surface area (Å²) in [7, 11) is 0. The second-order valence-electron chi connectivity index (χ2n) is 5.88. The molecule has 0 bridgehead atoms. The Morgan fingerprint density at radius 3 is 2.94 bits per heavy atom. The lowest BCUT2D eigenvalue weighted by atomic mass is 10.0. The summed E-state index contributed by atoms with van der Waals surface area (Å²) >= 11 is 0. The first-order chi connectivity index (χ1) is 8.52. The van der Waals surface area contributed by atoms with Gasteiger partial charge in [-0.2, -0.15) is 0 Å². The smallest absolute Gasteiger partial charge is 0.147 e. The molecule has 18 heavy (non-hydrogen) atoms.